The van der Waals surface area contributed by atoms with Crippen LogP contribution in [0.4, 0.5) is 0 Å². The molecule has 4 heteroatoms. The monoisotopic (exact) mass is 247 g/mol. The second kappa shape index (κ2) is 5.23. The smallest absolute Gasteiger partial charge is 0.310 e. The van der Waals surface area contributed by atoms with Crippen LogP contribution in [-0.4, -0.2) is 29.4 Å². The van der Waals surface area contributed by atoms with E-state index in [2.05, 4.69) is 6.07 Å². The van der Waals surface area contributed by atoms with Gasteiger partial charge in [0.25, 0.3) is 0 Å². The number of rotatable bonds is 4. The van der Waals surface area contributed by atoms with Gasteiger partial charge in [0.1, 0.15) is 0 Å². The molecule has 0 aliphatic carbocycles. The zero-order chi connectivity index (χ0) is 13.1. The third kappa shape index (κ3) is 2.38. The summed E-state index contributed by atoms with van der Waals surface area (Å²) in [6, 6.07) is 6.10. The van der Waals surface area contributed by atoms with Crippen molar-refractivity contribution in [1.82, 2.24) is 4.57 Å². The highest BCUT2D eigenvalue weighted by atomic mass is 16.5. The Hall–Kier alpha value is -1.81. The Bertz CT molecular complexity index is 572. The van der Waals surface area contributed by atoms with Crippen molar-refractivity contribution in [3.8, 4) is 0 Å². The van der Waals surface area contributed by atoms with Gasteiger partial charge in [-0.05, 0) is 24.6 Å². The molecule has 0 saturated heterocycles. The lowest BCUT2D eigenvalue weighted by atomic mass is 10.1. The first-order valence-electron chi connectivity index (χ1n) is 5.91. The van der Waals surface area contributed by atoms with Crippen LogP contribution in [0.1, 0.15) is 11.1 Å². The normalized spacial score (nSPS) is 10.8. The highest BCUT2D eigenvalue weighted by molar-refractivity contribution is 5.88. The summed E-state index contributed by atoms with van der Waals surface area (Å²) in [5.74, 6) is -0.250. The van der Waals surface area contributed by atoms with E-state index in [1.54, 1.807) is 0 Å². The fourth-order valence-electron chi connectivity index (χ4n) is 2.15. The van der Waals surface area contributed by atoms with Crippen LogP contribution in [-0.2, 0) is 22.5 Å². The van der Waals surface area contributed by atoms with Gasteiger partial charge in [-0.25, -0.2) is 0 Å². The summed E-state index contributed by atoms with van der Waals surface area (Å²) in [5, 5.41) is 10.1. The summed E-state index contributed by atoms with van der Waals surface area (Å²) in [6.45, 7) is 2.63. The molecule has 0 atom stereocenters. The third-order valence-corrected chi connectivity index (χ3v) is 3.02. The maximum Gasteiger partial charge on any atom is 0.310 e. The first-order chi connectivity index (χ1) is 8.65. The summed E-state index contributed by atoms with van der Waals surface area (Å²) in [5.41, 5.74) is 3.12. The highest BCUT2D eigenvalue weighted by Gasteiger charge is 2.12. The van der Waals surface area contributed by atoms with E-state index in [9.17, 15) is 4.79 Å². The first kappa shape index (κ1) is 12.6. The Morgan fingerprint density at radius 1 is 1.44 bits per heavy atom. The topological polar surface area (TPSA) is 51.5 Å². The van der Waals surface area contributed by atoms with Crippen molar-refractivity contribution in [1.29, 1.82) is 0 Å². The molecule has 0 aliphatic heterocycles. The number of aliphatic hydroxyl groups is 1. The molecule has 1 aromatic heterocycles. The average molecular weight is 247 g/mol. The van der Waals surface area contributed by atoms with Crippen molar-refractivity contribution in [2.24, 2.45) is 0 Å². The summed E-state index contributed by atoms with van der Waals surface area (Å²) in [7, 11) is 1.39. The number of hydrogen-bond donors (Lipinski definition) is 1. The molecular formula is C14H17NO3. The molecule has 1 N–H and O–H groups in total. The summed E-state index contributed by atoms with van der Waals surface area (Å²) >= 11 is 0. The van der Waals surface area contributed by atoms with Crippen molar-refractivity contribution in [2.75, 3.05) is 13.7 Å². The molecule has 0 radical (unpaired) electrons. The zero-order valence-corrected chi connectivity index (χ0v) is 10.6. The van der Waals surface area contributed by atoms with Crippen molar-refractivity contribution in [2.45, 2.75) is 19.9 Å². The first-order valence-corrected chi connectivity index (χ1v) is 5.91. The van der Waals surface area contributed by atoms with Crippen LogP contribution in [0.5, 0.6) is 0 Å². The molecule has 0 fully saturated rings. The number of fused-ring (bicyclic) bond motifs is 1. The van der Waals surface area contributed by atoms with Crippen molar-refractivity contribution >= 4 is 16.9 Å². The predicted octanol–water partition coefficient (Wildman–Crippen LogP) is 1.66. The molecule has 2 rings (SSSR count). The number of ether oxygens (including phenoxy) is 1. The summed E-state index contributed by atoms with van der Waals surface area (Å²) in [4.78, 5) is 11.4. The minimum Gasteiger partial charge on any atom is -0.469 e. The molecule has 0 amide bonds. The van der Waals surface area contributed by atoms with Crippen LogP contribution in [0.3, 0.4) is 0 Å². The molecule has 1 heterocycles. The lowest BCUT2D eigenvalue weighted by Crippen LogP contribution is -2.04. The Kier molecular flexibility index (Phi) is 3.67. The third-order valence-electron chi connectivity index (χ3n) is 3.02. The molecule has 0 bridgehead atoms. The van der Waals surface area contributed by atoms with E-state index < -0.39 is 0 Å². The highest BCUT2D eigenvalue weighted by Crippen LogP contribution is 2.23. The molecule has 1 aromatic carbocycles. The number of aliphatic hydroxyl groups excluding tert-OH is 1. The number of methoxy groups -OCH3 is 1. The molecule has 0 unspecified atom stereocenters. The number of hydrogen-bond acceptors (Lipinski definition) is 3. The summed E-state index contributed by atoms with van der Waals surface area (Å²) in [6.07, 6.45) is 2.17. The minimum absolute atomic E-state index is 0.0787. The predicted molar refractivity (Wildman–Crippen MR) is 69.5 cm³/mol. The lowest BCUT2D eigenvalue weighted by Gasteiger charge is -2.02. The molecule has 2 aromatic rings. The Labute approximate surface area is 106 Å². The number of esters is 1. The van der Waals surface area contributed by atoms with E-state index in [1.807, 2.05) is 29.8 Å². The van der Waals surface area contributed by atoms with E-state index >= 15 is 0 Å². The number of carbonyl (C=O) groups excluding carboxylic acids is 1. The van der Waals surface area contributed by atoms with Gasteiger partial charge in [0, 0.05) is 23.6 Å². The molecular weight excluding hydrogens is 230 g/mol. The van der Waals surface area contributed by atoms with Crippen LogP contribution in [0.15, 0.2) is 24.4 Å². The maximum absolute atomic E-state index is 11.4. The van der Waals surface area contributed by atoms with Crippen LogP contribution in [0.25, 0.3) is 10.9 Å². The fourth-order valence-corrected chi connectivity index (χ4v) is 2.15. The average Bonchev–Trinajstić information content (AvgIpc) is 2.67. The van der Waals surface area contributed by atoms with Crippen molar-refractivity contribution < 1.29 is 14.6 Å². The van der Waals surface area contributed by atoms with E-state index in [0.717, 1.165) is 22.0 Å². The van der Waals surface area contributed by atoms with Gasteiger partial charge in [0.2, 0.25) is 0 Å². The van der Waals surface area contributed by atoms with Gasteiger partial charge in [0.15, 0.2) is 0 Å². The minimum atomic E-state index is -0.250. The number of aryl methyl sites for hydroxylation is 1. The van der Waals surface area contributed by atoms with E-state index in [1.165, 1.54) is 7.11 Å². The number of carbonyl (C=O) groups is 1. The molecule has 18 heavy (non-hydrogen) atoms. The largest absolute Gasteiger partial charge is 0.469 e. The van der Waals surface area contributed by atoms with Gasteiger partial charge in [-0.2, -0.15) is 0 Å². The number of nitrogens with zero attached hydrogens (tertiary/aromatic N) is 1. The summed E-state index contributed by atoms with van der Waals surface area (Å²) < 4.78 is 6.67. The van der Waals surface area contributed by atoms with Gasteiger partial charge >= 0.3 is 5.97 Å². The van der Waals surface area contributed by atoms with Gasteiger partial charge in [-0.15, -0.1) is 0 Å². The van der Waals surface area contributed by atoms with Crippen molar-refractivity contribution in [3.05, 3.63) is 35.5 Å². The van der Waals surface area contributed by atoms with Crippen LogP contribution in [0, 0.1) is 6.92 Å². The molecule has 4 nitrogen and oxygen atoms in total. The Morgan fingerprint density at radius 2 is 2.22 bits per heavy atom. The molecule has 0 spiro atoms. The van der Waals surface area contributed by atoms with Gasteiger partial charge < -0.3 is 14.4 Å². The quantitative estimate of drug-likeness (QED) is 0.836. The Balaban J connectivity index is 2.50. The van der Waals surface area contributed by atoms with Crippen LogP contribution < -0.4 is 0 Å². The van der Waals surface area contributed by atoms with Crippen LogP contribution in [0.2, 0.25) is 0 Å². The van der Waals surface area contributed by atoms with Gasteiger partial charge in [-0.3, -0.25) is 4.79 Å². The van der Waals surface area contributed by atoms with E-state index in [0.29, 0.717) is 6.54 Å². The second-order valence-electron chi connectivity index (χ2n) is 4.34. The standard InChI is InChI=1S/C14H17NO3/c1-10-3-4-13-12(7-10)11(8-14(17)18-2)9-15(13)5-6-16/h3-4,7,9,16H,5-6,8H2,1-2H3. The van der Waals surface area contributed by atoms with Gasteiger partial charge in [-0.1, -0.05) is 11.6 Å². The Morgan fingerprint density at radius 3 is 2.89 bits per heavy atom. The van der Waals surface area contributed by atoms with E-state index in [4.69, 9.17) is 9.84 Å². The lowest BCUT2D eigenvalue weighted by molar-refractivity contribution is -0.139. The SMILES string of the molecule is COC(=O)Cc1cn(CCO)c2ccc(C)cc12. The van der Waals surface area contributed by atoms with Gasteiger partial charge in [0.05, 0.1) is 20.1 Å². The van der Waals surface area contributed by atoms with E-state index in [-0.39, 0.29) is 19.0 Å². The number of benzene rings is 1. The maximum atomic E-state index is 11.4. The molecule has 96 valence electrons. The molecule has 0 aliphatic rings. The van der Waals surface area contributed by atoms with Crippen molar-refractivity contribution in [3.63, 3.8) is 0 Å². The zero-order valence-electron chi connectivity index (χ0n) is 10.6. The van der Waals surface area contributed by atoms with Crippen LogP contribution >= 0.6 is 0 Å². The molecule has 0 saturated carbocycles. The fraction of sp³-hybridized carbons (Fsp3) is 0.357. The number of aromatic nitrogens is 1. The second-order valence-corrected chi connectivity index (χ2v) is 4.34.